The molecule has 1 aliphatic heterocycles. The summed E-state index contributed by atoms with van der Waals surface area (Å²) in [5.74, 6) is -2.16. The first-order valence-corrected chi connectivity index (χ1v) is 5.95. The van der Waals surface area contributed by atoms with E-state index in [1.165, 1.54) is 6.07 Å². The quantitative estimate of drug-likeness (QED) is 0.870. The first kappa shape index (κ1) is 15.4. The van der Waals surface area contributed by atoms with Gasteiger partial charge in [-0.3, -0.25) is 4.79 Å². The van der Waals surface area contributed by atoms with Crippen LogP contribution in [0.3, 0.4) is 0 Å². The maximum Gasteiger partial charge on any atom is 0.507 e. The number of carboxylic acids is 1. The number of alkyl halides is 4. The van der Waals surface area contributed by atoms with Crippen molar-refractivity contribution in [2.24, 2.45) is 0 Å². The highest BCUT2D eigenvalue weighted by molar-refractivity contribution is 5.69. The minimum absolute atomic E-state index is 0.265. The third kappa shape index (κ3) is 2.74. The molecule has 0 saturated carbocycles. The van der Waals surface area contributed by atoms with E-state index in [9.17, 15) is 22.4 Å². The molecule has 0 saturated heterocycles. The van der Waals surface area contributed by atoms with Crippen LogP contribution in [0.4, 0.5) is 17.6 Å². The van der Waals surface area contributed by atoms with Crippen LogP contribution in [0.2, 0.25) is 0 Å². The average molecular weight is 308 g/mol. The van der Waals surface area contributed by atoms with Gasteiger partial charge in [0.15, 0.2) is 11.5 Å². The van der Waals surface area contributed by atoms with Gasteiger partial charge in [0.2, 0.25) is 0 Å². The molecule has 116 valence electrons. The van der Waals surface area contributed by atoms with Gasteiger partial charge in [-0.2, -0.15) is 17.6 Å². The van der Waals surface area contributed by atoms with Crippen LogP contribution in [0, 0.1) is 0 Å². The normalized spacial score (nSPS) is 19.1. The highest BCUT2D eigenvalue weighted by Crippen LogP contribution is 2.48. The van der Waals surface area contributed by atoms with Gasteiger partial charge < -0.3 is 14.6 Å². The van der Waals surface area contributed by atoms with E-state index in [1.54, 1.807) is 13.8 Å². The molecule has 1 aromatic rings. The van der Waals surface area contributed by atoms with Crippen LogP contribution in [-0.2, 0) is 10.2 Å². The number of halogens is 4. The van der Waals surface area contributed by atoms with Gasteiger partial charge >= 0.3 is 18.2 Å². The van der Waals surface area contributed by atoms with Crippen molar-refractivity contribution in [3.8, 4) is 11.5 Å². The van der Waals surface area contributed by atoms with Crippen LogP contribution in [0.5, 0.6) is 11.5 Å². The summed E-state index contributed by atoms with van der Waals surface area (Å²) in [5, 5.41) is 8.83. The molecule has 8 heteroatoms. The fourth-order valence-corrected chi connectivity index (χ4v) is 1.97. The van der Waals surface area contributed by atoms with E-state index < -0.39 is 35.1 Å². The number of hydrogen-bond acceptors (Lipinski definition) is 3. The van der Waals surface area contributed by atoms with E-state index in [2.05, 4.69) is 9.47 Å². The summed E-state index contributed by atoms with van der Waals surface area (Å²) in [6.07, 6.45) is -9.83. The zero-order chi connectivity index (χ0) is 16.1. The molecule has 0 amide bonds. The minimum atomic E-state index is -4.80. The van der Waals surface area contributed by atoms with Crippen molar-refractivity contribution in [1.29, 1.82) is 0 Å². The summed E-state index contributed by atoms with van der Waals surface area (Å²) in [5.41, 5.74) is -0.535. The molecule has 0 fully saturated rings. The van der Waals surface area contributed by atoms with Crippen LogP contribution in [0.25, 0.3) is 0 Å². The molecule has 1 N–H and O–H groups in total. The van der Waals surface area contributed by atoms with Gasteiger partial charge in [0.05, 0.1) is 6.42 Å². The molecular formula is C13H12F4O4. The van der Waals surface area contributed by atoms with Crippen LogP contribution >= 0.6 is 0 Å². The molecule has 1 aromatic carbocycles. The number of aliphatic carboxylic acids is 1. The monoisotopic (exact) mass is 308 g/mol. The van der Waals surface area contributed by atoms with E-state index in [4.69, 9.17) is 5.11 Å². The second-order valence-electron chi connectivity index (χ2n) is 5.35. The van der Waals surface area contributed by atoms with Crippen molar-refractivity contribution < 1.29 is 36.9 Å². The van der Waals surface area contributed by atoms with Gasteiger partial charge in [0, 0.05) is 5.41 Å². The zero-order valence-corrected chi connectivity index (χ0v) is 11.1. The summed E-state index contributed by atoms with van der Waals surface area (Å²) in [6, 6.07) is 3.48. The lowest BCUT2D eigenvalue weighted by molar-refractivity contribution is -0.391. The Morgan fingerprint density at radius 1 is 1.14 bits per heavy atom. The maximum absolute atomic E-state index is 13.1. The third-order valence-electron chi connectivity index (χ3n) is 3.13. The van der Waals surface area contributed by atoms with E-state index in [1.807, 2.05) is 0 Å². The molecule has 1 aliphatic rings. The highest BCUT2D eigenvalue weighted by atomic mass is 19.3. The van der Waals surface area contributed by atoms with Gasteiger partial charge in [0.25, 0.3) is 0 Å². The number of rotatable bonds is 3. The predicted molar refractivity (Wildman–Crippen MR) is 62.9 cm³/mol. The molecular weight excluding hydrogens is 296 g/mol. The van der Waals surface area contributed by atoms with Crippen LogP contribution in [0.15, 0.2) is 18.2 Å². The van der Waals surface area contributed by atoms with Crippen molar-refractivity contribution in [3.05, 3.63) is 23.8 Å². The summed E-state index contributed by atoms with van der Waals surface area (Å²) >= 11 is 0. The standard InChI is InChI=1S/C13H12F4O4/c1-11(2,6-10(18)19)7-3-4-8-9(5-7)21-13(16,17)12(14,15)20-8/h3-5H,6H2,1-2H3,(H,18,19). The molecule has 0 spiro atoms. The summed E-state index contributed by atoms with van der Waals surface area (Å²) in [7, 11) is 0. The Bertz CT molecular complexity index is 584. The lowest BCUT2D eigenvalue weighted by Gasteiger charge is -2.33. The lowest BCUT2D eigenvalue weighted by atomic mass is 9.81. The molecule has 0 aliphatic carbocycles. The largest absolute Gasteiger partial charge is 0.507 e. The molecule has 0 radical (unpaired) electrons. The predicted octanol–water partition coefficient (Wildman–Crippen LogP) is 3.40. The number of fused-ring (bicyclic) bond motifs is 1. The second kappa shape index (κ2) is 4.51. The number of hydrogen-bond donors (Lipinski definition) is 1. The molecule has 0 bridgehead atoms. The molecule has 4 nitrogen and oxygen atoms in total. The van der Waals surface area contributed by atoms with E-state index in [0.29, 0.717) is 5.56 Å². The molecule has 2 rings (SSSR count). The van der Waals surface area contributed by atoms with Gasteiger partial charge in [-0.05, 0) is 17.7 Å². The number of carboxylic acid groups (broad SMARTS) is 1. The third-order valence-corrected chi connectivity index (χ3v) is 3.13. The van der Waals surface area contributed by atoms with Gasteiger partial charge in [-0.25, -0.2) is 0 Å². The minimum Gasteiger partial charge on any atom is -0.481 e. The van der Waals surface area contributed by atoms with Crippen LogP contribution < -0.4 is 9.47 Å². The number of ether oxygens (including phenoxy) is 2. The fraction of sp³-hybridized carbons (Fsp3) is 0.462. The first-order valence-electron chi connectivity index (χ1n) is 5.95. The van der Waals surface area contributed by atoms with Crippen molar-refractivity contribution in [2.75, 3.05) is 0 Å². The summed E-state index contributed by atoms with van der Waals surface area (Å²) in [6.45, 7) is 3.17. The zero-order valence-electron chi connectivity index (χ0n) is 11.1. The Labute approximate surface area is 117 Å². The van der Waals surface area contributed by atoms with Crippen molar-refractivity contribution in [1.82, 2.24) is 0 Å². The molecule has 0 unspecified atom stereocenters. The Morgan fingerprint density at radius 3 is 2.19 bits per heavy atom. The van der Waals surface area contributed by atoms with Gasteiger partial charge in [0.1, 0.15) is 0 Å². The fourth-order valence-electron chi connectivity index (χ4n) is 1.97. The Hall–Kier alpha value is -1.99. The Balaban J connectivity index is 2.40. The van der Waals surface area contributed by atoms with Crippen LogP contribution in [0.1, 0.15) is 25.8 Å². The Morgan fingerprint density at radius 2 is 1.67 bits per heavy atom. The lowest BCUT2D eigenvalue weighted by Crippen LogP contribution is -2.52. The topological polar surface area (TPSA) is 55.8 Å². The molecule has 21 heavy (non-hydrogen) atoms. The van der Waals surface area contributed by atoms with Crippen molar-refractivity contribution in [3.63, 3.8) is 0 Å². The van der Waals surface area contributed by atoms with Gasteiger partial charge in [-0.15, -0.1) is 0 Å². The summed E-state index contributed by atoms with van der Waals surface area (Å²) in [4.78, 5) is 10.8. The molecule has 0 aromatic heterocycles. The van der Waals surface area contributed by atoms with Crippen molar-refractivity contribution in [2.45, 2.75) is 37.9 Å². The molecule has 0 atom stereocenters. The SMILES string of the molecule is CC(C)(CC(=O)O)c1ccc2c(c1)OC(F)(F)C(F)(F)O2. The number of benzene rings is 1. The van der Waals surface area contributed by atoms with Gasteiger partial charge in [-0.1, -0.05) is 19.9 Å². The molecule has 1 heterocycles. The first-order chi connectivity index (χ1) is 9.45. The number of carbonyl (C=O) groups is 1. The highest BCUT2D eigenvalue weighted by Gasteiger charge is 2.65. The van der Waals surface area contributed by atoms with Crippen LogP contribution in [-0.4, -0.2) is 23.3 Å². The maximum atomic E-state index is 13.1. The average Bonchev–Trinajstić information content (AvgIpc) is 2.27. The summed E-state index contributed by atoms with van der Waals surface area (Å²) < 4.78 is 60.2. The van der Waals surface area contributed by atoms with E-state index in [-0.39, 0.29) is 6.42 Å². The van der Waals surface area contributed by atoms with E-state index in [0.717, 1.165) is 12.1 Å². The smallest absolute Gasteiger partial charge is 0.481 e. The Kier molecular flexibility index (Phi) is 3.30. The second-order valence-corrected chi connectivity index (χ2v) is 5.35. The van der Waals surface area contributed by atoms with E-state index >= 15 is 0 Å². The van der Waals surface area contributed by atoms with Crippen molar-refractivity contribution >= 4 is 5.97 Å².